The van der Waals surface area contributed by atoms with Crippen molar-refractivity contribution in [2.75, 3.05) is 13.1 Å². The molecule has 1 N–H and O–H groups in total. The second-order valence-electron chi connectivity index (χ2n) is 6.93. The summed E-state index contributed by atoms with van der Waals surface area (Å²) in [6.07, 6.45) is 3.71. The largest absolute Gasteiger partial charge is 0.481 e. The molecule has 0 radical (unpaired) electrons. The van der Waals surface area contributed by atoms with E-state index in [1.165, 1.54) is 5.56 Å². The molecule has 4 nitrogen and oxygen atoms in total. The van der Waals surface area contributed by atoms with Crippen LogP contribution >= 0.6 is 0 Å². The molecule has 1 unspecified atom stereocenters. The smallest absolute Gasteiger partial charge is 0.308 e. The van der Waals surface area contributed by atoms with Crippen LogP contribution in [0.15, 0.2) is 24.3 Å². The van der Waals surface area contributed by atoms with Gasteiger partial charge >= 0.3 is 5.97 Å². The second-order valence-corrected chi connectivity index (χ2v) is 6.93. The van der Waals surface area contributed by atoms with E-state index in [2.05, 4.69) is 38.1 Å². The predicted molar refractivity (Wildman–Crippen MR) is 90.2 cm³/mol. The lowest BCUT2D eigenvalue weighted by atomic mass is 9.97. The van der Waals surface area contributed by atoms with Crippen molar-refractivity contribution in [3.8, 4) is 0 Å². The number of aryl methyl sites for hydroxylation is 1. The molecule has 1 aliphatic heterocycles. The second kappa shape index (κ2) is 8.14. The first-order chi connectivity index (χ1) is 11.0. The van der Waals surface area contributed by atoms with Gasteiger partial charge in [0, 0.05) is 19.5 Å². The first kappa shape index (κ1) is 17.5. The molecule has 1 heterocycles. The monoisotopic (exact) mass is 317 g/mol. The lowest BCUT2D eigenvalue weighted by molar-refractivity contribution is -0.145. The molecule has 1 aliphatic rings. The lowest BCUT2D eigenvalue weighted by Gasteiger charge is -2.30. The Kier molecular flexibility index (Phi) is 6.20. The fourth-order valence-corrected chi connectivity index (χ4v) is 3.13. The quantitative estimate of drug-likeness (QED) is 0.877. The molecule has 1 saturated heterocycles. The number of carbonyl (C=O) groups is 2. The summed E-state index contributed by atoms with van der Waals surface area (Å²) < 4.78 is 0. The molecule has 0 aliphatic carbocycles. The average molecular weight is 317 g/mol. The Morgan fingerprint density at radius 3 is 2.48 bits per heavy atom. The van der Waals surface area contributed by atoms with Crippen LogP contribution in [0.4, 0.5) is 0 Å². The third-order valence-electron chi connectivity index (χ3n) is 4.42. The Morgan fingerprint density at radius 2 is 1.87 bits per heavy atom. The van der Waals surface area contributed by atoms with E-state index < -0.39 is 11.9 Å². The molecule has 23 heavy (non-hydrogen) atoms. The Hall–Kier alpha value is -1.84. The summed E-state index contributed by atoms with van der Waals surface area (Å²) in [5, 5.41) is 9.10. The van der Waals surface area contributed by atoms with Crippen molar-refractivity contribution in [1.29, 1.82) is 0 Å². The van der Waals surface area contributed by atoms with Crippen molar-refractivity contribution < 1.29 is 14.7 Å². The molecule has 1 aromatic rings. The first-order valence-corrected chi connectivity index (χ1v) is 8.54. The molecule has 1 amide bonds. The van der Waals surface area contributed by atoms with Gasteiger partial charge in [-0.25, -0.2) is 0 Å². The number of benzene rings is 1. The van der Waals surface area contributed by atoms with Gasteiger partial charge < -0.3 is 10.0 Å². The van der Waals surface area contributed by atoms with Gasteiger partial charge in [0.2, 0.25) is 5.91 Å². The summed E-state index contributed by atoms with van der Waals surface area (Å²) in [6.45, 7) is 5.46. The minimum atomic E-state index is -0.789. The molecule has 1 aromatic carbocycles. The first-order valence-electron chi connectivity index (χ1n) is 8.54. The molecular weight excluding hydrogens is 290 g/mol. The summed E-state index contributed by atoms with van der Waals surface area (Å²) >= 11 is 0. The maximum atomic E-state index is 12.3. The lowest BCUT2D eigenvalue weighted by Crippen LogP contribution is -2.42. The number of hydrogen-bond acceptors (Lipinski definition) is 2. The number of amides is 1. The van der Waals surface area contributed by atoms with Gasteiger partial charge in [0.15, 0.2) is 0 Å². The number of piperidine rings is 1. The summed E-state index contributed by atoms with van der Waals surface area (Å²) in [5.74, 6) is -0.475. The van der Waals surface area contributed by atoms with Crippen molar-refractivity contribution in [1.82, 2.24) is 4.90 Å². The van der Waals surface area contributed by atoms with Crippen LogP contribution in [0, 0.1) is 11.8 Å². The zero-order valence-corrected chi connectivity index (χ0v) is 14.1. The molecule has 0 spiro atoms. The van der Waals surface area contributed by atoms with Crippen molar-refractivity contribution >= 4 is 11.9 Å². The van der Waals surface area contributed by atoms with Crippen molar-refractivity contribution in [3.05, 3.63) is 35.4 Å². The summed E-state index contributed by atoms with van der Waals surface area (Å²) in [6, 6.07) is 8.48. The molecule has 0 bridgehead atoms. The van der Waals surface area contributed by atoms with E-state index in [9.17, 15) is 9.59 Å². The normalized spacial score (nSPS) is 18.2. The maximum Gasteiger partial charge on any atom is 0.308 e. The zero-order chi connectivity index (χ0) is 16.8. The van der Waals surface area contributed by atoms with Gasteiger partial charge in [0.05, 0.1) is 5.92 Å². The van der Waals surface area contributed by atoms with E-state index in [1.807, 2.05) is 0 Å². The standard InChI is InChI=1S/C19H27NO3/c1-14(2)12-16-7-5-15(6-8-16)9-10-18(21)20-11-3-4-17(13-20)19(22)23/h5-8,14,17H,3-4,9-13H2,1-2H3,(H,22,23). The van der Waals surface area contributed by atoms with E-state index in [4.69, 9.17) is 5.11 Å². The van der Waals surface area contributed by atoms with E-state index in [0.717, 1.165) is 24.8 Å². The van der Waals surface area contributed by atoms with Crippen molar-refractivity contribution in [2.45, 2.75) is 46.0 Å². The van der Waals surface area contributed by atoms with Crippen molar-refractivity contribution in [3.63, 3.8) is 0 Å². The molecule has 126 valence electrons. The van der Waals surface area contributed by atoms with Crippen LogP contribution in [-0.2, 0) is 22.4 Å². The number of aliphatic carboxylic acids is 1. The highest BCUT2D eigenvalue weighted by Crippen LogP contribution is 2.18. The van der Waals surface area contributed by atoms with Crippen LogP contribution in [0.25, 0.3) is 0 Å². The minimum Gasteiger partial charge on any atom is -0.481 e. The van der Waals surface area contributed by atoms with Gasteiger partial charge in [-0.1, -0.05) is 38.1 Å². The van der Waals surface area contributed by atoms with Crippen LogP contribution < -0.4 is 0 Å². The van der Waals surface area contributed by atoms with Gasteiger partial charge in [-0.2, -0.15) is 0 Å². The Morgan fingerprint density at radius 1 is 1.22 bits per heavy atom. The minimum absolute atomic E-state index is 0.0715. The predicted octanol–water partition coefficient (Wildman–Crippen LogP) is 3.14. The topological polar surface area (TPSA) is 57.6 Å². The van der Waals surface area contributed by atoms with Crippen LogP contribution in [0.5, 0.6) is 0 Å². The van der Waals surface area contributed by atoms with E-state index >= 15 is 0 Å². The third kappa shape index (κ3) is 5.38. The van der Waals surface area contributed by atoms with Crippen LogP contribution in [0.3, 0.4) is 0 Å². The number of likely N-dealkylation sites (tertiary alicyclic amines) is 1. The number of carbonyl (C=O) groups excluding carboxylic acids is 1. The molecule has 0 aromatic heterocycles. The molecule has 4 heteroatoms. The average Bonchev–Trinajstić information content (AvgIpc) is 2.53. The fourth-order valence-electron chi connectivity index (χ4n) is 3.13. The van der Waals surface area contributed by atoms with Gasteiger partial charge in [0.25, 0.3) is 0 Å². The van der Waals surface area contributed by atoms with E-state index in [0.29, 0.717) is 31.8 Å². The molecule has 2 rings (SSSR count). The molecule has 0 saturated carbocycles. The Bertz CT molecular complexity index is 536. The van der Waals surface area contributed by atoms with Gasteiger partial charge in [-0.15, -0.1) is 0 Å². The van der Waals surface area contributed by atoms with Gasteiger partial charge in [0.1, 0.15) is 0 Å². The van der Waals surface area contributed by atoms with Crippen LogP contribution in [-0.4, -0.2) is 35.0 Å². The SMILES string of the molecule is CC(C)Cc1ccc(CCC(=O)N2CCCC(C(=O)O)C2)cc1. The highest BCUT2D eigenvalue weighted by atomic mass is 16.4. The Balaban J connectivity index is 1.83. The molecule has 1 atom stereocenters. The number of hydrogen-bond donors (Lipinski definition) is 1. The van der Waals surface area contributed by atoms with Crippen LogP contribution in [0.2, 0.25) is 0 Å². The molecular formula is C19H27NO3. The van der Waals surface area contributed by atoms with Crippen molar-refractivity contribution in [2.24, 2.45) is 11.8 Å². The maximum absolute atomic E-state index is 12.3. The third-order valence-corrected chi connectivity index (χ3v) is 4.42. The van der Waals surface area contributed by atoms with Gasteiger partial charge in [-0.05, 0) is 42.7 Å². The summed E-state index contributed by atoms with van der Waals surface area (Å²) in [4.78, 5) is 25.1. The Labute approximate surface area is 138 Å². The number of rotatable bonds is 6. The zero-order valence-electron chi connectivity index (χ0n) is 14.1. The van der Waals surface area contributed by atoms with E-state index in [-0.39, 0.29) is 5.91 Å². The molecule has 1 fully saturated rings. The summed E-state index contributed by atoms with van der Waals surface area (Å²) in [7, 11) is 0. The van der Waals surface area contributed by atoms with E-state index in [1.54, 1.807) is 4.90 Å². The highest BCUT2D eigenvalue weighted by molar-refractivity contribution is 5.78. The van der Waals surface area contributed by atoms with Crippen LogP contribution in [0.1, 0.15) is 44.2 Å². The summed E-state index contributed by atoms with van der Waals surface area (Å²) in [5.41, 5.74) is 2.49. The number of nitrogens with zero attached hydrogens (tertiary/aromatic N) is 1. The number of carboxylic acid groups (broad SMARTS) is 1. The number of carboxylic acids is 1. The van der Waals surface area contributed by atoms with Gasteiger partial charge in [-0.3, -0.25) is 9.59 Å². The fraction of sp³-hybridized carbons (Fsp3) is 0.579. The highest BCUT2D eigenvalue weighted by Gasteiger charge is 2.27.